The molecule has 0 amide bonds. The quantitative estimate of drug-likeness (QED) is 0.632. The number of methoxy groups -OCH3 is 1. The first-order valence-electron chi connectivity index (χ1n) is 6.22. The van der Waals surface area contributed by atoms with Crippen LogP contribution in [0.25, 0.3) is 0 Å². The minimum Gasteiger partial charge on any atom is -0.468 e. The maximum atomic E-state index is 12.0. The Morgan fingerprint density at radius 3 is 2.95 bits per heavy atom. The van der Waals surface area contributed by atoms with Crippen molar-refractivity contribution >= 4 is 33.4 Å². The summed E-state index contributed by atoms with van der Waals surface area (Å²) in [4.78, 5) is 25.2. The number of rotatable bonds is 3. The minimum absolute atomic E-state index is 0.169. The van der Waals surface area contributed by atoms with Gasteiger partial charge in [0.1, 0.15) is 4.83 Å². The number of alkyl halides is 1. The zero-order valence-electron chi connectivity index (χ0n) is 10.8. The third kappa shape index (κ3) is 3.15. The Kier molecular flexibility index (Phi) is 4.58. The van der Waals surface area contributed by atoms with Gasteiger partial charge in [0.15, 0.2) is 5.78 Å². The second kappa shape index (κ2) is 6.19. The largest absolute Gasteiger partial charge is 0.468 e. The molecule has 1 unspecified atom stereocenters. The molecule has 102 valence electrons. The number of hydrogen-bond donors (Lipinski definition) is 0. The number of fused-ring (bicyclic) bond motifs is 1. The van der Waals surface area contributed by atoms with Gasteiger partial charge in [-0.15, -0.1) is 0 Å². The van der Waals surface area contributed by atoms with Crippen LogP contribution >= 0.6 is 15.9 Å². The maximum Gasteiger partial charge on any atom is 0.321 e. The summed E-state index contributed by atoms with van der Waals surface area (Å²) in [6.07, 6.45) is 1.35. The molecular weight excluding hydrogens is 310 g/mol. The molecule has 0 N–H and O–H groups in total. The van der Waals surface area contributed by atoms with E-state index in [0.717, 1.165) is 24.2 Å². The Labute approximate surface area is 120 Å². The normalized spacial score (nSPS) is 16.5. The van der Waals surface area contributed by atoms with Gasteiger partial charge in [0.25, 0.3) is 0 Å². The molecule has 4 nitrogen and oxygen atoms in total. The summed E-state index contributed by atoms with van der Waals surface area (Å²) in [5.41, 5.74) is 1.64. The first-order chi connectivity index (χ1) is 9.13. The highest BCUT2D eigenvalue weighted by Gasteiger charge is 2.24. The van der Waals surface area contributed by atoms with E-state index in [2.05, 4.69) is 20.8 Å². The van der Waals surface area contributed by atoms with Crippen molar-refractivity contribution in [3.8, 4) is 0 Å². The van der Waals surface area contributed by atoms with Crippen molar-refractivity contribution in [2.24, 2.45) is 0 Å². The molecule has 0 aliphatic carbocycles. The number of Topliss-reactive ketones (excluding diaryl/α,β-unsaturated/α-hetero) is 1. The van der Waals surface area contributed by atoms with E-state index >= 15 is 0 Å². The van der Waals surface area contributed by atoms with Crippen molar-refractivity contribution < 1.29 is 14.3 Å². The van der Waals surface area contributed by atoms with Gasteiger partial charge >= 0.3 is 5.97 Å². The maximum absolute atomic E-state index is 12.0. The molecule has 5 heteroatoms. The van der Waals surface area contributed by atoms with E-state index < -0.39 is 4.83 Å². The number of halogens is 1. The van der Waals surface area contributed by atoms with Crippen molar-refractivity contribution in [2.45, 2.75) is 17.7 Å². The molecule has 0 radical (unpaired) electrons. The molecule has 0 saturated carbocycles. The number of ether oxygens (including phenoxy) is 1. The SMILES string of the molecule is COC(=O)C(Br)CN1CCCC(=O)c2ccccc21. The Balaban J connectivity index is 2.24. The molecule has 1 atom stereocenters. The highest BCUT2D eigenvalue weighted by molar-refractivity contribution is 9.10. The number of hydrogen-bond acceptors (Lipinski definition) is 4. The van der Waals surface area contributed by atoms with E-state index in [4.69, 9.17) is 4.74 Å². The van der Waals surface area contributed by atoms with Crippen LogP contribution in [0.2, 0.25) is 0 Å². The van der Waals surface area contributed by atoms with E-state index in [1.807, 2.05) is 24.3 Å². The van der Waals surface area contributed by atoms with Gasteiger partial charge in [0.05, 0.1) is 7.11 Å². The Morgan fingerprint density at radius 2 is 2.21 bits per heavy atom. The summed E-state index contributed by atoms with van der Waals surface area (Å²) < 4.78 is 4.71. The van der Waals surface area contributed by atoms with Crippen LogP contribution in [0.1, 0.15) is 23.2 Å². The average molecular weight is 326 g/mol. The summed E-state index contributed by atoms with van der Waals surface area (Å²) in [6, 6.07) is 7.55. The molecule has 1 aromatic carbocycles. The van der Waals surface area contributed by atoms with E-state index in [1.54, 1.807) is 0 Å². The standard InChI is InChI=1S/C14H16BrNO3/c1-19-14(18)11(15)9-16-8-4-7-13(17)10-5-2-3-6-12(10)16/h2-3,5-6,11H,4,7-9H2,1H3. The zero-order valence-corrected chi connectivity index (χ0v) is 12.4. The van der Waals surface area contributed by atoms with Gasteiger partial charge in [-0.05, 0) is 18.6 Å². The lowest BCUT2D eigenvalue weighted by Gasteiger charge is -2.26. The smallest absolute Gasteiger partial charge is 0.321 e. The molecule has 0 bridgehead atoms. The van der Waals surface area contributed by atoms with Gasteiger partial charge in [0.2, 0.25) is 0 Å². The van der Waals surface area contributed by atoms with Gasteiger partial charge in [-0.3, -0.25) is 9.59 Å². The topological polar surface area (TPSA) is 46.6 Å². The highest BCUT2D eigenvalue weighted by atomic mass is 79.9. The number of benzene rings is 1. The molecule has 2 rings (SSSR count). The summed E-state index contributed by atoms with van der Waals surface area (Å²) in [6.45, 7) is 1.26. The predicted octanol–water partition coefficient (Wildman–Crippen LogP) is 2.41. The molecule has 19 heavy (non-hydrogen) atoms. The Morgan fingerprint density at radius 1 is 1.47 bits per heavy atom. The molecule has 1 aliphatic rings. The third-order valence-corrected chi connectivity index (χ3v) is 3.88. The second-order valence-electron chi connectivity index (χ2n) is 4.48. The number of carbonyl (C=O) groups excluding carboxylic acids is 2. The summed E-state index contributed by atoms with van der Waals surface area (Å²) in [5, 5.41) is 0. The summed E-state index contributed by atoms with van der Waals surface area (Å²) in [5.74, 6) is -0.129. The second-order valence-corrected chi connectivity index (χ2v) is 5.59. The van der Waals surface area contributed by atoms with Crippen molar-refractivity contribution in [3.63, 3.8) is 0 Å². The van der Waals surface area contributed by atoms with Crippen LogP contribution in [-0.4, -0.2) is 36.8 Å². The number of ketones is 1. The van der Waals surface area contributed by atoms with Gasteiger partial charge in [-0.25, -0.2) is 0 Å². The lowest BCUT2D eigenvalue weighted by atomic mass is 10.1. The van der Waals surface area contributed by atoms with Crippen molar-refractivity contribution in [3.05, 3.63) is 29.8 Å². The fourth-order valence-electron chi connectivity index (χ4n) is 2.26. The summed E-state index contributed by atoms with van der Waals surface area (Å²) in [7, 11) is 1.37. The van der Waals surface area contributed by atoms with Crippen LogP contribution in [0.15, 0.2) is 24.3 Å². The van der Waals surface area contributed by atoms with E-state index in [0.29, 0.717) is 13.0 Å². The molecule has 1 heterocycles. The van der Waals surface area contributed by atoms with Gasteiger partial charge in [-0.2, -0.15) is 0 Å². The lowest BCUT2D eigenvalue weighted by molar-refractivity contribution is -0.139. The van der Waals surface area contributed by atoms with E-state index in [-0.39, 0.29) is 11.8 Å². The monoisotopic (exact) mass is 325 g/mol. The van der Waals surface area contributed by atoms with Gasteiger partial charge in [-0.1, -0.05) is 28.1 Å². The Hall–Kier alpha value is -1.36. The predicted molar refractivity (Wildman–Crippen MR) is 77.0 cm³/mol. The number of carbonyl (C=O) groups is 2. The zero-order chi connectivity index (χ0) is 13.8. The fraction of sp³-hybridized carbons (Fsp3) is 0.429. The highest BCUT2D eigenvalue weighted by Crippen LogP contribution is 2.26. The van der Waals surface area contributed by atoms with Crippen LogP contribution < -0.4 is 4.90 Å². The van der Waals surface area contributed by atoms with Crippen LogP contribution in [-0.2, 0) is 9.53 Å². The average Bonchev–Trinajstić information content (AvgIpc) is 2.59. The van der Waals surface area contributed by atoms with Crippen LogP contribution in [0.3, 0.4) is 0 Å². The van der Waals surface area contributed by atoms with Crippen molar-refractivity contribution in [1.29, 1.82) is 0 Å². The van der Waals surface area contributed by atoms with Crippen LogP contribution in [0.4, 0.5) is 5.69 Å². The number of esters is 1. The minimum atomic E-state index is -0.390. The molecule has 1 aromatic rings. The summed E-state index contributed by atoms with van der Waals surface area (Å²) >= 11 is 3.33. The van der Waals surface area contributed by atoms with Gasteiger partial charge in [0, 0.05) is 30.8 Å². The van der Waals surface area contributed by atoms with Crippen molar-refractivity contribution in [1.82, 2.24) is 0 Å². The van der Waals surface area contributed by atoms with E-state index in [9.17, 15) is 9.59 Å². The van der Waals surface area contributed by atoms with Gasteiger partial charge < -0.3 is 9.64 Å². The molecule has 0 fully saturated rings. The van der Waals surface area contributed by atoms with Crippen molar-refractivity contribution in [2.75, 3.05) is 25.1 Å². The van der Waals surface area contributed by atoms with Crippen LogP contribution in [0.5, 0.6) is 0 Å². The Bertz CT molecular complexity index is 489. The van der Waals surface area contributed by atoms with E-state index in [1.165, 1.54) is 7.11 Å². The first-order valence-corrected chi connectivity index (χ1v) is 7.14. The fourth-order valence-corrected chi connectivity index (χ4v) is 2.79. The van der Waals surface area contributed by atoms with Crippen LogP contribution in [0, 0.1) is 0 Å². The molecule has 0 saturated heterocycles. The first kappa shape index (κ1) is 14.1. The third-order valence-electron chi connectivity index (χ3n) is 3.21. The number of anilines is 1. The molecule has 0 spiro atoms. The number of nitrogens with zero attached hydrogens (tertiary/aromatic N) is 1. The molecular formula is C14H16BrNO3. The molecule has 1 aliphatic heterocycles. The molecule has 0 aromatic heterocycles. The number of para-hydroxylation sites is 1. The lowest BCUT2D eigenvalue weighted by Crippen LogP contribution is -2.35.